The van der Waals surface area contributed by atoms with Crippen molar-refractivity contribution in [3.05, 3.63) is 182 Å². The van der Waals surface area contributed by atoms with Crippen molar-refractivity contribution < 1.29 is 80.2 Å². The van der Waals surface area contributed by atoms with Crippen LogP contribution in [0.5, 0.6) is 0 Å². The van der Waals surface area contributed by atoms with E-state index in [1.54, 1.807) is 12.2 Å². The van der Waals surface area contributed by atoms with Crippen LogP contribution in [-0.4, -0.2) is 96.7 Å². The molecule has 19 heteroatoms. The van der Waals surface area contributed by atoms with Crippen LogP contribution in [0.4, 0.5) is 0 Å². The third kappa shape index (κ3) is 72.5. The molecule has 0 aromatic heterocycles. The number of esters is 4. The molecule has 576 valence electrons. The van der Waals surface area contributed by atoms with E-state index in [0.717, 1.165) is 180 Å². The summed E-state index contributed by atoms with van der Waals surface area (Å²) in [5.74, 6) is -2.41. The Kier molecular flexibility index (Phi) is 69.3. The zero-order chi connectivity index (χ0) is 74.6. The first-order valence-corrected chi connectivity index (χ1v) is 41.0. The van der Waals surface area contributed by atoms with Crippen LogP contribution < -0.4 is 0 Å². The predicted molar refractivity (Wildman–Crippen MR) is 417 cm³/mol. The van der Waals surface area contributed by atoms with Gasteiger partial charge in [-0.05, 0) is 154 Å². The smallest absolute Gasteiger partial charge is 0.462 e. The number of hydrogen-bond donors (Lipinski definition) is 3. The lowest BCUT2D eigenvalue weighted by atomic mass is 10.1. The first kappa shape index (κ1) is 96.2. The molecule has 0 aromatic carbocycles. The molecular weight excluding hydrogens is 1330 g/mol. The van der Waals surface area contributed by atoms with E-state index >= 15 is 0 Å². The van der Waals surface area contributed by atoms with Gasteiger partial charge in [0.25, 0.3) is 0 Å². The first-order valence-electron chi connectivity index (χ1n) is 38.0. The Bertz CT molecular complexity index is 2650. The minimum Gasteiger partial charge on any atom is -0.462 e. The van der Waals surface area contributed by atoms with Crippen molar-refractivity contribution in [3.63, 3.8) is 0 Å². The van der Waals surface area contributed by atoms with E-state index in [1.165, 1.54) is 0 Å². The van der Waals surface area contributed by atoms with Crippen LogP contribution in [-0.2, 0) is 65.4 Å². The Hall–Kier alpha value is -5.84. The van der Waals surface area contributed by atoms with Crippen molar-refractivity contribution in [2.24, 2.45) is 0 Å². The van der Waals surface area contributed by atoms with Gasteiger partial charge < -0.3 is 33.8 Å². The Morgan fingerprint density at radius 3 is 0.824 bits per heavy atom. The summed E-state index contributed by atoms with van der Waals surface area (Å²) in [6, 6.07) is 0. The molecule has 0 heterocycles. The van der Waals surface area contributed by atoms with Crippen molar-refractivity contribution in [1.29, 1.82) is 0 Å². The fraction of sp³-hybridized carbons (Fsp3) is 0.590. The number of ether oxygens (including phenoxy) is 4. The highest BCUT2D eigenvalue weighted by molar-refractivity contribution is 7.47. The zero-order valence-corrected chi connectivity index (χ0v) is 64.5. The number of rotatable bonds is 69. The molecule has 0 aliphatic heterocycles. The third-order valence-electron chi connectivity index (χ3n) is 14.9. The SMILES string of the molecule is CC/C=C\C/C=C\C/C=C\C/C=C\C/C=C\CC(=O)OC(COC(=O)CCCCCC/C=C\C/C=C\C/C=C\C/C=C\CC)COP(=O)(O)OCC(O)COP(=O)(O)OCC(COC(=O)CCCCCCC/C=C\C/C=C\C/C=C\CC)OC(=O)CCCCCCC/C=C\C/C=C\C/C=C\CC. The number of aliphatic hydroxyl groups is 1. The molecule has 0 radical (unpaired) electrons. The van der Waals surface area contributed by atoms with Gasteiger partial charge in [0.2, 0.25) is 0 Å². The normalized spacial score (nSPS) is 14.9. The largest absolute Gasteiger partial charge is 0.472 e. The van der Waals surface area contributed by atoms with Gasteiger partial charge in [-0.1, -0.05) is 261 Å². The molecule has 5 atom stereocenters. The summed E-state index contributed by atoms with van der Waals surface area (Å²) in [6.07, 6.45) is 87.7. The molecule has 17 nitrogen and oxygen atoms in total. The number of aliphatic hydroxyl groups excluding tert-OH is 1. The lowest BCUT2D eigenvalue weighted by Gasteiger charge is -2.21. The van der Waals surface area contributed by atoms with Gasteiger partial charge in [-0.2, -0.15) is 0 Å². The molecule has 5 unspecified atom stereocenters. The van der Waals surface area contributed by atoms with E-state index in [1.807, 2.05) is 12.2 Å². The fourth-order valence-corrected chi connectivity index (χ4v) is 10.8. The van der Waals surface area contributed by atoms with Gasteiger partial charge in [-0.25, -0.2) is 9.13 Å². The number of hydrogen-bond acceptors (Lipinski definition) is 15. The van der Waals surface area contributed by atoms with Crippen LogP contribution >= 0.6 is 15.6 Å². The van der Waals surface area contributed by atoms with Crippen molar-refractivity contribution in [2.45, 2.75) is 277 Å². The summed E-state index contributed by atoms with van der Waals surface area (Å²) in [5, 5.41) is 10.6. The second-order valence-corrected chi connectivity index (χ2v) is 27.3. The molecule has 0 aromatic rings. The van der Waals surface area contributed by atoms with Crippen molar-refractivity contribution in [2.75, 3.05) is 39.6 Å². The number of carbonyl (C=O) groups excluding carboxylic acids is 4. The Morgan fingerprint density at radius 2 is 0.520 bits per heavy atom. The first-order chi connectivity index (χ1) is 49.7. The molecular formula is C83H132O17P2. The lowest BCUT2D eigenvalue weighted by molar-refractivity contribution is -0.161. The van der Waals surface area contributed by atoms with Gasteiger partial charge in [-0.3, -0.25) is 37.3 Å². The Labute approximate surface area is 615 Å². The van der Waals surface area contributed by atoms with E-state index < -0.39 is 97.5 Å². The van der Waals surface area contributed by atoms with E-state index in [4.69, 9.17) is 37.0 Å². The summed E-state index contributed by atoms with van der Waals surface area (Å²) in [4.78, 5) is 72.8. The number of unbranched alkanes of at least 4 members (excludes halogenated alkanes) is 14. The van der Waals surface area contributed by atoms with Crippen LogP contribution in [0.15, 0.2) is 182 Å². The maximum atomic E-state index is 13.1. The van der Waals surface area contributed by atoms with Crippen LogP contribution in [0.3, 0.4) is 0 Å². The van der Waals surface area contributed by atoms with Gasteiger partial charge in [-0.15, -0.1) is 0 Å². The summed E-state index contributed by atoms with van der Waals surface area (Å²) >= 11 is 0. The van der Waals surface area contributed by atoms with Gasteiger partial charge in [0, 0.05) is 19.3 Å². The molecule has 0 spiro atoms. The van der Waals surface area contributed by atoms with E-state index in [9.17, 15) is 43.2 Å². The summed E-state index contributed by atoms with van der Waals surface area (Å²) < 4.78 is 68.3. The number of carbonyl (C=O) groups is 4. The van der Waals surface area contributed by atoms with Crippen molar-refractivity contribution in [1.82, 2.24) is 0 Å². The van der Waals surface area contributed by atoms with E-state index in [-0.39, 0.29) is 25.7 Å². The molecule has 0 saturated carbocycles. The molecule has 0 rings (SSSR count). The molecule has 0 aliphatic carbocycles. The highest BCUT2D eigenvalue weighted by atomic mass is 31.2. The second kappa shape index (κ2) is 73.5. The van der Waals surface area contributed by atoms with Crippen LogP contribution in [0.1, 0.15) is 259 Å². The van der Waals surface area contributed by atoms with E-state index in [0.29, 0.717) is 25.7 Å². The standard InChI is InChI=1S/C83H132O17P2/c1-5-9-13-17-21-25-29-33-37-38-42-44-48-52-56-60-64-68-81(86)94-74-79(100-83(88)70-66-62-58-54-50-46-41-36-32-28-24-20-16-12-8-4)76-98-102(91,92)96-72-77(84)71-95-101(89,90)97-75-78(99-82(87)69-65-61-57-53-49-45-40-35-31-27-23-19-15-11-7-3)73-93-80(85)67-63-59-55-51-47-43-39-34-30-26-22-18-14-10-6-2/h9-16,21-28,33-37,39-42,44,50,54,62,66,77-79,84H,5-8,17-20,29-32,38,43,45-49,51-53,55-61,63-65,67-76H2,1-4H3,(H,89,90)(H,91,92)/b13-9-,14-10-,15-11-,16-12-,25-21-,26-22-,27-23-,28-24-,37-33-,39-34-,40-35-,41-36-,44-42-,54-50-,66-62-. The minimum atomic E-state index is -5.02. The summed E-state index contributed by atoms with van der Waals surface area (Å²) in [5.41, 5.74) is 0. The molecule has 3 N–H and O–H groups in total. The zero-order valence-electron chi connectivity index (χ0n) is 62.7. The number of phosphoric ester groups is 2. The minimum absolute atomic E-state index is 0.0617. The number of phosphoric acid groups is 2. The van der Waals surface area contributed by atoms with Gasteiger partial charge in [0.15, 0.2) is 12.2 Å². The van der Waals surface area contributed by atoms with Crippen LogP contribution in [0.2, 0.25) is 0 Å². The fourth-order valence-electron chi connectivity index (χ4n) is 9.25. The molecule has 0 amide bonds. The number of allylic oxidation sites excluding steroid dienone is 29. The monoisotopic (exact) mass is 1460 g/mol. The molecule has 102 heavy (non-hydrogen) atoms. The second-order valence-electron chi connectivity index (χ2n) is 24.4. The van der Waals surface area contributed by atoms with Crippen molar-refractivity contribution >= 4 is 39.5 Å². The molecule has 0 aliphatic rings. The highest BCUT2D eigenvalue weighted by Gasteiger charge is 2.30. The van der Waals surface area contributed by atoms with Crippen molar-refractivity contribution in [3.8, 4) is 0 Å². The quantitative estimate of drug-likeness (QED) is 0.0169. The summed E-state index contributed by atoms with van der Waals surface area (Å²) in [6.45, 7) is 4.20. The average molecular weight is 1460 g/mol. The van der Waals surface area contributed by atoms with Gasteiger partial charge in [0.1, 0.15) is 19.3 Å². The predicted octanol–water partition coefficient (Wildman–Crippen LogP) is 22.0. The molecule has 0 saturated heterocycles. The molecule has 0 fully saturated rings. The highest BCUT2D eigenvalue weighted by Crippen LogP contribution is 2.45. The Morgan fingerprint density at radius 1 is 0.284 bits per heavy atom. The third-order valence-corrected chi connectivity index (χ3v) is 16.8. The maximum Gasteiger partial charge on any atom is 0.472 e. The lowest BCUT2D eigenvalue weighted by Crippen LogP contribution is -2.30. The maximum absolute atomic E-state index is 13.1. The Balaban J connectivity index is 5.50. The van der Waals surface area contributed by atoms with Crippen LogP contribution in [0.25, 0.3) is 0 Å². The van der Waals surface area contributed by atoms with Gasteiger partial charge in [0.05, 0.1) is 32.8 Å². The van der Waals surface area contributed by atoms with E-state index in [2.05, 4.69) is 186 Å². The molecule has 0 bridgehead atoms. The topological polar surface area (TPSA) is 237 Å². The van der Waals surface area contributed by atoms with Gasteiger partial charge >= 0.3 is 39.5 Å². The van der Waals surface area contributed by atoms with Crippen LogP contribution in [0, 0.1) is 0 Å². The summed E-state index contributed by atoms with van der Waals surface area (Å²) in [7, 11) is -10.0. The average Bonchev–Trinajstić information content (AvgIpc) is 0.919.